The summed E-state index contributed by atoms with van der Waals surface area (Å²) in [6.45, 7) is 8.15. The number of quaternary nitrogens is 1. The fourth-order valence-corrected chi connectivity index (χ4v) is 6.47. The summed E-state index contributed by atoms with van der Waals surface area (Å²) in [6, 6.07) is 0. The number of amides is 2. The molecular formula is C44H86N3O2+. The van der Waals surface area contributed by atoms with Gasteiger partial charge in [-0.05, 0) is 64.2 Å². The molecule has 2 amide bonds. The van der Waals surface area contributed by atoms with Crippen molar-refractivity contribution in [2.75, 3.05) is 40.3 Å². The van der Waals surface area contributed by atoms with Gasteiger partial charge in [0.15, 0.2) is 0 Å². The third-order valence-corrected chi connectivity index (χ3v) is 9.86. The lowest BCUT2D eigenvalue weighted by Crippen LogP contribution is -2.43. The molecule has 0 bridgehead atoms. The van der Waals surface area contributed by atoms with E-state index in [2.05, 4.69) is 62.9 Å². The molecule has 5 nitrogen and oxygen atoms in total. The van der Waals surface area contributed by atoms with E-state index in [-0.39, 0.29) is 11.8 Å². The molecule has 288 valence electrons. The van der Waals surface area contributed by atoms with Crippen LogP contribution in [0.4, 0.5) is 0 Å². The first-order valence-corrected chi connectivity index (χ1v) is 21.6. The van der Waals surface area contributed by atoms with E-state index in [4.69, 9.17) is 0 Å². The molecule has 0 aromatic carbocycles. The van der Waals surface area contributed by atoms with Crippen molar-refractivity contribution < 1.29 is 14.1 Å². The summed E-state index contributed by atoms with van der Waals surface area (Å²) in [6.07, 6.45) is 46.1. The number of hydrogen-bond donors (Lipinski definition) is 2. The molecule has 0 atom stereocenters. The lowest BCUT2D eigenvalue weighted by atomic mass is 10.1. The maximum atomic E-state index is 12.2. The van der Waals surface area contributed by atoms with Crippen molar-refractivity contribution in [3.8, 4) is 0 Å². The largest absolute Gasteiger partial charge is 0.356 e. The topological polar surface area (TPSA) is 58.2 Å². The van der Waals surface area contributed by atoms with Gasteiger partial charge in [-0.1, -0.05) is 141 Å². The lowest BCUT2D eigenvalue weighted by Gasteiger charge is -2.30. The number of unbranched alkanes of at least 4 members (excludes halogenated alkanes) is 22. The molecule has 0 unspecified atom stereocenters. The monoisotopic (exact) mass is 689 g/mol. The third-order valence-electron chi connectivity index (χ3n) is 9.86. The number of carbonyl (C=O) groups is 2. The van der Waals surface area contributed by atoms with Crippen molar-refractivity contribution in [3.05, 3.63) is 24.3 Å². The van der Waals surface area contributed by atoms with E-state index in [1.165, 1.54) is 141 Å². The van der Waals surface area contributed by atoms with Crippen LogP contribution >= 0.6 is 0 Å². The van der Waals surface area contributed by atoms with Crippen LogP contribution in [0.25, 0.3) is 0 Å². The molecule has 49 heavy (non-hydrogen) atoms. The van der Waals surface area contributed by atoms with Gasteiger partial charge < -0.3 is 15.1 Å². The molecule has 0 aromatic rings. The predicted molar refractivity (Wildman–Crippen MR) is 216 cm³/mol. The fraction of sp³-hybridized carbons (Fsp3) is 0.864. The van der Waals surface area contributed by atoms with Crippen LogP contribution in [-0.4, -0.2) is 56.6 Å². The Morgan fingerprint density at radius 2 is 0.694 bits per heavy atom. The Hall–Kier alpha value is -1.62. The zero-order valence-electron chi connectivity index (χ0n) is 33.6. The molecular weight excluding hydrogens is 603 g/mol. The van der Waals surface area contributed by atoms with Gasteiger partial charge in [-0.2, -0.15) is 0 Å². The van der Waals surface area contributed by atoms with Crippen molar-refractivity contribution in [2.24, 2.45) is 0 Å². The highest BCUT2D eigenvalue weighted by Crippen LogP contribution is 2.12. The van der Waals surface area contributed by atoms with E-state index in [1.807, 2.05) is 0 Å². The highest BCUT2D eigenvalue weighted by Gasteiger charge is 2.14. The van der Waals surface area contributed by atoms with Gasteiger partial charge in [0, 0.05) is 38.8 Å². The molecule has 0 aliphatic rings. The Morgan fingerprint density at radius 3 is 1.02 bits per heavy atom. The van der Waals surface area contributed by atoms with Crippen LogP contribution in [0.3, 0.4) is 0 Å². The zero-order valence-corrected chi connectivity index (χ0v) is 33.6. The van der Waals surface area contributed by atoms with Gasteiger partial charge in [0.1, 0.15) is 0 Å². The van der Waals surface area contributed by atoms with Gasteiger partial charge in [0.2, 0.25) is 11.8 Å². The average Bonchev–Trinajstić information content (AvgIpc) is 3.08. The predicted octanol–water partition coefficient (Wildman–Crippen LogP) is 12.2. The van der Waals surface area contributed by atoms with Gasteiger partial charge in [-0.25, -0.2) is 0 Å². The van der Waals surface area contributed by atoms with Gasteiger partial charge in [0.05, 0.1) is 27.2 Å². The molecule has 0 aliphatic heterocycles. The second-order valence-corrected chi connectivity index (χ2v) is 15.5. The summed E-state index contributed by atoms with van der Waals surface area (Å²) in [7, 11) is 4.50. The number of rotatable bonds is 38. The highest BCUT2D eigenvalue weighted by atomic mass is 16.2. The molecule has 2 N–H and O–H groups in total. The van der Waals surface area contributed by atoms with Crippen LogP contribution in [0.5, 0.6) is 0 Å². The van der Waals surface area contributed by atoms with Crippen LogP contribution < -0.4 is 10.6 Å². The first-order valence-electron chi connectivity index (χ1n) is 21.6. The maximum absolute atomic E-state index is 12.2. The highest BCUT2D eigenvalue weighted by molar-refractivity contribution is 5.76. The van der Waals surface area contributed by atoms with E-state index in [0.717, 1.165) is 69.2 Å². The van der Waals surface area contributed by atoms with Crippen LogP contribution in [-0.2, 0) is 9.59 Å². The molecule has 0 saturated carbocycles. The molecule has 0 spiro atoms. The molecule has 0 heterocycles. The van der Waals surface area contributed by atoms with E-state index in [9.17, 15) is 9.59 Å². The minimum absolute atomic E-state index is 0.205. The third kappa shape index (κ3) is 39.0. The summed E-state index contributed by atoms with van der Waals surface area (Å²) in [5.74, 6) is 0.411. The number of allylic oxidation sites excluding steroid dienone is 4. The Balaban J connectivity index is 3.52. The Bertz CT molecular complexity index is 714. The summed E-state index contributed by atoms with van der Waals surface area (Å²) < 4.78 is 0.925. The lowest BCUT2D eigenvalue weighted by molar-refractivity contribution is -0.890. The van der Waals surface area contributed by atoms with Crippen LogP contribution in [0, 0.1) is 0 Å². The number of nitrogens with zero attached hydrogens (tertiary/aromatic N) is 1. The number of nitrogens with one attached hydrogen (secondary N) is 2. The quantitative estimate of drug-likeness (QED) is 0.0385. The average molecular weight is 689 g/mol. The molecule has 0 aromatic heterocycles. The van der Waals surface area contributed by atoms with Crippen LogP contribution in [0.1, 0.15) is 206 Å². The number of hydrogen-bond acceptors (Lipinski definition) is 2. The minimum Gasteiger partial charge on any atom is -0.356 e. The van der Waals surface area contributed by atoms with Crippen molar-refractivity contribution >= 4 is 11.8 Å². The smallest absolute Gasteiger partial charge is 0.219 e. The van der Waals surface area contributed by atoms with Crippen LogP contribution in [0.15, 0.2) is 24.3 Å². The fourth-order valence-electron chi connectivity index (χ4n) is 6.47. The summed E-state index contributed by atoms with van der Waals surface area (Å²) in [5.41, 5.74) is 0. The summed E-state index contributed by atoms with van der Waals surface area (Å²) in [5, 5.41) is 6.25. The Morgan fingerprint density at radius 1 is 0.408 bits per heavy atom. The van der Waals surface area contributed by atoms with E-state index < -0.39 is 0 Å². The van der Waals surface area contributed by atoms with Crippen molar-refractivity contribution in [2.45, 2.75) is 206 Å². The zero-order chi connectivity index (χ0) is 35.9. The van der Waals surface area contributed by atoms with Crippen molar-refractivity contribution in [1.82, 2.24) is 10.6 Å². The summed E-state index contributed by atoms with van der Waals surface area (Å²) >= 11 is 0. The number of carbonyl (C=O) groups excluding carboxylic acids is 2. The molecule has 0 rings (SSSR count). The molecule has 0 fully saturated rings. The SMILES string of the molecule is CCCCCCCC/C=C/CCCCCCCC(=O)NCCC[N+](C)(C)CCCNC(=O)CCCCCCC/C=C/CCCCCCCC. The molecule has 5 heteroatoms. The van der Waals surface area contributed by atoms with Gasteiger partial charge in [-0.3, -0.25) is 9.59 Å². The first kappa shape index (κ1) is 47.4. The van der Waals surface area contributed by atoms with Crippen LogP contribution in [0.2, 0.25) is 0 Å². The van der Waals surface area contributed by atoms with Gasteiger partial charge in [0.25, 0.3) is 0 Å². The normalized spacial score (nSPS) is 12.0. The molecule has 0 aliphatic carbocycles. The second-order valence-electron chi connectivity index (χ2n) is 15.5. The van der Waals surface area contributed by atoms with Gasteiger partial charge >= 0.3 is 0 Å². The standard InChI is InChI=1S/C44H85N3O2/c1-5-7-9-11-13-15-17-19-21-23-25-27-29-31-33-37-43(48)45-39-35-41-47(3,4)42-36-40-46-44(49)38-34-32-30-28-26-24-22-20-18-16-14-12-10-8-6-2/h19-22H,5-18,23-42H2,1-4H3,(H-,45,46,48,49)/p+1/b21-19+,22-20+. The second kappa shape index (κ2) is 37.6. The first-order chi connectivity index (χ1) is 23.9. The molecule has 0 radical (unpaired) electrons. The van der Waals surface area contributed by atoms with Crippen molar-refractivity contribution in [1.29, 1.82) is 0 Å². The Labute approximate surface area is 306 Å². The minimum atomic E-state index is 0.205. The maximum Gasteiger partial charge on any atom is 0.219 e. The van der Waals surface area contributed by atoms with E-state index in [1.54, 1.807) is 0 Å². The van der Waals surface area contributed by atoms with Gasteiger partial charge in [-0.15, -0.1) is 0 Å². The molecule has 0 saturated heterocycles. The van der Waals surface area contributed by atoms with E-state index in [0.29, 0.717) is 12.8 Å². The Kier molecular flexibility index (Phi) is 36.4. The summed E-state index contributed by atoms with van der Waals surface area (Å²) in [4.78, 5) is 24.5. The van der Waals surface area contributed by atoms with Crippen molar-refractivity contribution in [3.63, 3.8) is 0 Å². The van der Waals surface area contributed by atoms with E-state index >= 15 is 0 Å².